The zero-order valence-corrected chi connectivity index (χ0v) is 8.22. The molecule has 0 fully saturated rings. The third kappa shape index (κ3) is 2.22. The van der Waals surface area contributed by atoms with Crippen molar-refractivity contribution >= 4 is 17.3 Å². The average molecular weight is 173 g/mol. The fourth-order valence-corrected chi connectivity index (χ4v) is 1.16. The molecule has 1 N–H and O–H groups in total. The predicted molar refractivity (Wildman–Crippen MR) is 60.8 cm³/mol. The second kappa shape index (κ2) is 3.94. The number of nitrogens with one attached hydrogen (secondary N) is 1. The van der Waals surface area contributed by atoms with Crippen LogP contribution in [0.1, 0.15) is 18.1 Å². The molecule has 0 saturated carbocycles. The largest absolute Gasteiger partial charge is 0.388 e. The van der Waals surface area contributed by atoms with Gasteiger partial charge in [-0.05, 0) is 36.2 Å². The maximum Gasteiger partial charge on any atom is 0.0349 e. The molecule has 1 aromatic carbocycles. The first-order valence-corrected chi connectivity index (χ1v) is 4.28. The molecule has 1 heteroatoms. The summed E-state index contributed by atoms with van der Waals surface area (Å²) < 4.78 is 0. The number of allylic oxidation sites excluding steroid dienone is 1. The number of hydrogen-bond donors (Lipinski definition) is 1. The summed E-state index contributed by atoms with van der Waals surface area (Å²) in [6.45, 7) is 9.67. The summed E-state index contributed by atoms with van der Waals surface area (Å²) >= 11 is 0. The van der Waals surface area contributed by atoms with Crippen LogP contribution < -0.4 is 5.32 Å². The van der Waals surface area contributed by atoms with Crippen molar-refractivity contribution in [2.45, 2.75) is 6.92 Å². The Hall–Kier alpha value is -1.50. The lowest BCUT2D eigenvalue weighted by Crippen LogP contribution is -1.90. The lowest BCUT2D eigenvalue weighted by Gasteiger charge is -2.06. The van der Waals surface area contributed by atoms with Gasteiger partial charge < -0.3 is 5.32 Å². The van der Waals surface area contributed by atoms with Gasteiger partial charge in [0.2, 0.25) is 0 Å². The molecular weight excluding hydrogens is 158 g/mol. The van der Waals surface area contributed by atoms with Crippen molar-refractivity contribution in [1.82, 2.24) is 0 Å². The highest BCUT2D eigenvalue weighted by molar-refractivity contribution is 5.69. The number of benzene rings is 1. The molecule has 0 spiro atoms. The van der Waals surface area contributed by atoms with Crippen LogP contribution in [0.25, 0.3) is 11.6 Å². The third-order valence-electron chi connectivity index (χ3n) is 1.97. The van der Waals surface area contributed by atoms with Crippen molar-refractivity contribution in [2.24, 2.45) is 0 Å². The molecule has 1 nitrogen and oxygen atoms in total. The zero-order chi connectivity index (χ0) is 9.84. The van der Waals surface area contributed by atoms with Crippen LogP contribution in [-0.2, 0) is 0 Å². The van der Waals surface area contributed by atoms with Crippen LogP contribution in [0.4, 0.5) is 5.69 Å². The Kier molecular flexibility index (Phi) is 2.91. The Balaban J connectivity index is 3.22. The molecule has 68 valence electrons. The van der Waals surface area contributed by atoms with E-state index in [4.69, 9.17) is 0 Å². The topological polar surface area (TPSA) is 12.0 Å². The van der Waals surface area contributed by atoms with E-state index in [2.05, 4.69) is 36.7 Å². The average Bonchev–Trinajstić information content (AvgIpc) is 2.16. The fraction of sp³-hybridized carbons (Fsp3) is 0.167. The summed E-state index contributed by atoms with van der Waals surface area (Å²) in [6.07, 6.45) is 1.84. The molecule has 0 aliphatic rings. The third-order valence-corrected chi connectivity index (χ3v) is 1.97. The monoisotopic (exact) mass is 173 g/mol. The molecule has 1 rings (SSSR count). The first kappa shape index (κ1) is 9.59. The van der Waals surface area contributed by atoms with Crippen molar-refractivity contribution in [2.75, 3.05) is 12.4 Å². The summed E-state index contributed by atoms with van der Waals surface area (Å²) in [7, 11) is 1.91. The Morgan fingerprint density at radius 2 is 2.08 bits per heavy atom. The van der Waals surface area contributed by atoms with Gasteiger partial charge in [-0.1, -0.05) is 24.8 Å². The lowest BCUT2D eigenvalue weighted by molar-refractivity contribution is 1.47. The van der Waals surface area contributed by atoms with E-state index in [9.17, 15) is 0 Å². The van der Waals surface area contributed by atoms with Crippen molar-refractivity contribution in [1.29, 1.82) is 0 Å². The second-order valence-electron chi connectivity index (χ2n) is 3.08. The normalized spacial score (nSPS) is 9.38. The molecule has 0 atom stereocenters. The molecule has 0 aliphatic heterocycles. The van der Waals surface area contributed by atoms with E-state index in [0.717, 1.165) is 22.4 Å². The Labute approximate surface area is 79.8 Å². The highest BCUT2D eigenvalue weighted by Gasteiger charge is 1.97. The van der Waals surface area contributed by atoms with Gasteiger partial charge in [0.1, 0.15) is 0 Å². The van der Waals surface area contributed by atoms with Crippen molar-refractivity contribution in [3.05, 3.63) is 42.5 Å². The Morgan fingerprint density at radius 3 is 2.54 bits per heavy atom. The van der Waals surface area contributed by atoms with Gasteiger partial charge in [-0.15, -0.1) is 0 Å². The molecule has 0 saturated heterocycles. The minimum absolute atomic E-state index is 1.07. The molecule has 0 heterocycles. The van der Waals surface area contributed by atoms with Crippen LogP contribution in [0, 0.1) is 0 Å². The van der Waals surface area contributed by atoms with E-state index < -0.39 is 0 Å². The van der Waals surface area contributed by atoms with Gasteiger partial charge >= 0.3 is 0 Å². The Bertz CT molecular complexity index is 337. The SMILES string of the molecule is C=Cc1cc(NC)cc(C(=C)C)c1. The van der Waals surface area contributed by atoms with E-state index in [-0.39, 0.29) is 0 Å². The first-order valence-electron chi connectivity index (χ1n) is 4.28. The summed E-state index contributed by atoms with van der Waals surface area (Å²) in [5, 5.41) is 3.11. The van der Waals surface area contributed by atoms with Crippen LogP contribution in [0.2, 0.25) is 0 Å². The van der Waals surface area contributed by atoms with Crippen molar-refractivity contribution in [3.63, 3.8) is 0 Å². The fourth-order valence-electron chi connectivity index (χ4n) is 1.16. The second-order valence-corrected chi connectivity index (χ2v) is 3.08. The zero-order valence-electron chi connectivity index (χ0n) is 8.22. The quantitative estimate of drug-likeness (QED) is 0.738. The summed E-state index contributed by atoms with van der Waals surface area (Å²) in [5.41, 5.74) is 4.43. The van der Waals surface area contributed by atoms with Crippen LogP contribution in [0.5, 0.6) is 0 Å². The van der Waals surface area contributed by atoms with Crippen LogP contribution in [0.3, 0.4) is 0 Å². The van der Waals surface area contributed by atoms with Crippen LogP contribution in [-0.4, -0.2) is 7.05 Å². The molecule has 0 aliphatic carbocycles. The molecule has 0 unspecified atom stereocenters. The number of anilines is 1. The summed E-state index contributed by atoms with van der Waals surface area (Å²) in [6, 6.07) is 6.21. The lowest BCUT2D eigenvalue weighted by atomic mass is 10.0. The van der Waals surface area contributed by atoms with Crippen LogP contribution in [0.15, 0.2) is 31.4 Å². The van der Waals surface area contributed by atoms with Gasteiger partial charge in [0.25, 0.3) is 0 Å². The van der Waals surface area contributed by atoms with Gasteiger partial charge in [-0.3, -0.25) is 0 Å². The standard InChI is InChI=1S/C12H15N/c1-5-10-6-11(9(2)3)8-12(7-10)13-4/h5-8,13H,1-2H2,3-4H3. The smallest absolute Gasteiger partial charge is 0.0349 e. The molecule has 0 amide bonds. The van der Waals surface area contributed by atoms with Crippen LogP contribution >= 0.6 is 0 Å². The van der Waals surface area contributed by atoms with Crippen molar-refractivity contribution < 1.29 is 0 Å². The molecule has 13 heavy (non-hydrogen) atoms. The van der Waals surface area contributed by atoms with Gasteiger partial charge in [-0.2, -0.15) is 0 Å². The molecular formula is C12H15N. The maximum absolute atomic E-state index is 3.91. The molecule has 0 bridgehead atoms. The number of hydrogen-bond acceptors (Lipinski definition) is 1. The molecule has 1 aromatic rings. The molecule has 0 aromatic heterocycles. The summed E-state index contributed by atoms with van der Waals surface area (Å²) in [4.78, 5) is 0. The summed E-state index contributed by atoms with van der Waals surface area (Å²) in [5.74, 6) is 0. The van der Waals surface area contributed by atoms with Crippen molar-refractivity contribution in [3.8, 4) is 0 Å². The Morgan fingerprint density at radius 1 is 1.38 bits per heavy atom. The van der Waals surface area contributed by atoms with Gasteiger partial charge in [0, 0.05) is 12.7 Å². The van der Waals surface area contributed by atoms with E-state index in [1.807, 2.05) is 20.0 Å². The minimum atomic E-state index is 1.07. The minimum Gasteiger partial charge on any atom is -0.388 e. The number of rotatable bonds is 3. The van der Waals surface area contributed by atoms with E-state index in [0.29, 0.717) is 0 Å². The maximum atomic E-state index is 3.91. The molecule has 0 radical (unpaired) electrons. The predicted octanol–water partition coefficient (Wildman–Crippen LogP) is 3.40. The highest BCUT2D eigenvalue weighted by Crippen LogP contribution is 2.20. The van der Waals surface area contributed by atoms with Gasteiger partial charge in [0.15, 0.2) is 0 Å². The van der Waals surface area contributed by atoms with E-state index in [1.165, 1.54) is 0 Å². The van der Waals surface area contributed by atoms with Gasteiger partial charge in [-0.25, -0.2) is 0 Å². The van der Waals surface area contributed by atoms with Gasteiger partial charge in [0.05, 0.1) is 0 Å². The van der Waals surface area contributed by atoms with E-state index in [1.54, 1.807) is 0 Å². The highest BCUT2D eigenvalue weighted by atomic mass is 14.8. The first-order chi connectivity index (χ1) is 6.17. The van der Waals surface area contributed by atoms with E-state index >= 15 is 0 Å².